The van der Waals surface area contributed by atoms with E-state index in [0.29, 0.717) is 17.2 Å². The lowest BCUT2D eigenvalue weighted by Crippen LogP contribution is -2.39. The van der Waals surface area contributed by atoms with E-state index in [9.17, 15) is 4.79 Å². The maximum Gasteiger partial charge on any atom is 0.257 e. The summed E-state index contributed by atoms with van der Waals surface area (Å²) in [6, 6.07) is 11.8. The highest BCUT2D eigenvalue weighted by atomic mass is 16.5. The van der Waals surface area contributed by atoms with E-state index in [0.717, 1.165) is 35.4 Å². The van der Waals surface area contributed by atoms with Crippen LogP contribution >= 0.6 is 0 Å². The molecular formula is C25H30N4O3. The van der Waals surface area contributed by atoms with Gasteiger partial charge >= 0.3 is 0 Å². The van der Waals surface area contributed by atoms with E-state index in [1.807, 2.05) is 18.2 Å². The molecular weight excluding hydrogens is 404 g/mol. The van der Waals surface area contributed by atoms with Gasteiger partial charge in [-0.1, -0.05) is 25.0 Å². The lowest BCUT2D eigenvalue weighted by atomic mass is 9.75. The highest BCUT2D eigenvalue weighted by molar-refractivity contribution is 6.15. The number of amides is 1. The molecule has 0 spiro atoms. The molecule has 2 aliphatic rings. The number of methoxy groups -OCH3 is 2. The summed E-state index contributed by atoms with van der Waals surface area (Å²) in [6.45, 7) is 0. The number of fused-ring (bicyclic) bond motifs is 3. The number of hydrogen-bond donors (Lipinski definition) is 2. The van der Waals surface area contributed by atoms with Crippen LogP contribution in [0.1, 0.15) is 58.6 Å². The Bertz CT molecular complexity index is 1060. The maximum atomic E-state index is 12.4. The van der Waals surface area contributed by atoms with Gasteiger partial charge in [0.2, 0.25) is 0 Å². The highest BCUT2D eigenvalue weighted by Crippen LogP contribution is 2.44. The van der Waals surface area contributed by atoms with E-state index in [1.165, 1.54) is 18.4 Å². The minimum absolute atomic E-state index is 0.0500. The Morgan fingerprint density at radius 3 is 2.38 bits per heavy atom. The molecule has 2 aromatic carbocycles. The van der Waals surface area contributed by atoms with E-state index < -0.39 is 0 Å². The largest absolute Gasteiger partial charge is 0.493 e. The molecule has 0 bridgehead atoms. The minimum Gasteiger partial charge on any atom is -0.493 e. The first kappa shape index (κ1) is 21.9. The number of carbonyl (C=O) groups is 1. The topological polar surface area (TPSA) is 87.0 Å². The smallest absolute Gasteiger partial charge is 0.257 e. The van der Waals surface area contributed by atoms with Crippen LogP contribution in [0.4, 0.5) is 0 Å². The SMILES string of the molecule is COc1cc2c(cc1OC)[C@H]1CCCC[C@H]1N=C2c1ccc(C(=O)NC(=N)N(C)C)cc1. The first-order valence-electron chi connectivity index (χ1n) is 10.9. The average Bonchev–Trinajstić information content (AvgIpc) is 2.82. The Morgan fingerprint density at radius 2 is 1.72 bits per heavy atom. The van der Waals surface area contributed by atoms with Crippen molar-refractivity contribution in [3.05, 3.63) is 58.7 Å². The van der Waals surface area contributed by atoms with Crippen molar-refractivity contribution in [3.63, 3.8) is 0 Å². The van der Waals surface area contributed by atoms with Crippen LogP contribution in [0.5, 0.6) is 11.5 Å². The third-order valence-corrected chi connectivity index (χ3v) is 6.33. The molecule has 32 heavy (non-hydrogen) atoms. The lowest BCUT2D eigenvalue weighted by Gasteiger charge is -2.35. The Balaban J connectivity index is 1.71. The van der Waals surface area contributed by atoms with Crippen molar-refractivity contribution in [2.45, 2.75) is 37.6 Å². The van der Waals surface area contributed by atoms with Crippen LogP contribution in [0.15, 0.2) is 41.4 Å². The van der Waals surface area contributed by atoms with E-state index in [2.05, 4.69) is 11.4 Å². The Hall–Kier alpha value is -3.35. The summed E-state index contributed by atoms with van der Waals surface area (Å²) < 4.78 is 11.2. The molecule has 7 nitrogen and oxygen atoms in total. The van der Waals surface area contributed by atoms with E-state index >= 15 is 0 Å². The van der Waals surface area contributed by atoms with Crippen LogP contribution in [-0.2, 0) is 0 Å². The Morgan fingerprint density at radius 1 is 1.06 bits per heavy atom. The molecule has 1 heterocycles. The molecule has 1 aliphatic heterocycles. The normalized spacial score (nSPS) is 19.2. The van der Waals surface area contributed by atoms with E-state index in [4.69, 9.17) is 19.9 Å². The molecule has 4 rings (SSSR count). The molecule has 168 valence electrons. The molecule has 0 aromatic heterocycles. The van der Waals surface area contributed by atoms with Gasteiger partial charge in [-0.2, -0.15) is 0 Å². The van der Waals surface area contributed by atoms with Gasteiger partial charge in [0.05, 0.1) is 26.0 Å². The summed E-state index contributed by atoms with van der Waals surface area (Å²) in [6.07, 6.45) is 4.61. The van der Waals surface area contributed by atoms with Crippen LogP contribution in [0.25, 0.3) is 0 Å². The van der Waals surface area contributed by atoms with Crippen molar-refractivity contribution in [3.8, 4) is 11.5 Å². The number of nitrogens with one attached hydrogen (secondary N) is 2. The first-order valence-corrected chi connectivity index (χ1v) is 10.9. The summed E-state index contributed by atoms with van der Waals surface area (Å²) in [7, 11) is 6.74. The molecule has 0 unspecified atom stereocenters. The minimum atomic E-state index is -0.306. The van der Waals surface area contributed by atoms with Gasteiger partial charge in [0.1, 0.15) is 0 Å². The van der Waals surface area contributed by atoms with E-state index in [1.54, 1.807) is 45.3 Å². The van der Waals surface area contributed by atoms with Crippen LogP contribution in [0.3, 0.4) is 0 Å². The standard InChI is InChI=1S/C25H30N4O3/c1-29(2)25(26)28-24(30)16-11-9-15(10-12-16)23-19-14-22(32-4)21(31-3)13-18(19)17-7-5-6-8-20(17)27-23/h9-14,17,20H,5-8H2,1-4H3,(H2,26,28,30)/t17-,20-/m1/s1. The second-order valence-corrected chi connectivity index (χ2v) is 8.50. The van der Waals surface area contributed by atoms with Gasteiger partial charge in [0.25, 0.3) is 5.91 Å². The first-order chi connectivity index (χ1) is 15.4. The van der Waals surface area contributed by atoms with Gasteiger partial charge in [-0.15, -0.1) is 0 Å². The maximum absolute atomic E-state index is 12.4. The number of rotatable bonds is 4. The second-order valence-electron chi connectivity index (χ2n) is 8.50. The molecule has 2 aromatic rings. The number of ether oxygens (including phenoxy) is 2. The number of nitrogens with zero attached hydrogens (tertiary/aromatic N) is 2. The number of aliphatic imine (C=N–C) groups is 1. The fraction of sp³-hybridized carbons (Fsp3) is 0.400. The molecule has 1 aliphatic carbocycles. The van der Waals surface area contributed by atoms with Crippen LogP contribution in [0, 0.1) is 5.41 Å². The van der Waals surface area contributed by atoms with Crippen molar-refractivity contribution in [1.29, 1.82) is 5.41 Å². The molecule has 7 heteroatoms. The van der Waals surface area contributed by atoms with Crippen molar-refractivity contribution >= 4 is 17.6 Å². The summed E-state index contributed by atoms with van der Waals surface area (Å²) in [4.78, 5) is 19.2. The lowest BCUT2D eigenvalue weighted by molar-refractivity contribution is 0.0973. The third-order valence-electron chi connectivity index (χ3n) is 6.33. The van der Waals surface area contributed by atoms with Crippen molar-refractivity contribution < 1.29 is 14.3 Å². The van der Waals surface area contributed by atoms with E-state index in [-0.39, 0.29) is 17.9 Å². The number of hydrogen-bond acceptors (Lipinski definition) is 5. The predicted octanol–water partition coefficient (Wildman–Crippen LogP) is 3.81. The van der Waals surface area contributed by atoms with Gasteiger partial charge in [-0.05, 0) is 42.7 Å². The van der Waals surface area contributed by atoms with Crippen LogP contribution in [-0.4, -0.2) is 56.8 Å². The zero-order valence-electron chi connectivity index (χ0n) is 19.1. The molecule has 1 fully saturated rings. The zero-order valence-corrected chi connectivity index (χ0v) is 19.1. The third kappa shape index (κ3) is 4.07. The molecule has 1 amide bonds. The number of guanidine groups is 1. The quantitative estimate of drug-likeness (QED) is 0.566. The van der Waals surface area contributed by atoms with Crippen LogP contribution < -0.4 is 14.8 Å². The second kappa shape index (κ2) is 9.02. The van der Waals surface area contributed by atoms with Crippen molar-refractivity contribution in [2.24, 2.45) is 4.99 Å². The van der Waals surface area contributed by atoms with Gasteiger partial charge in [-0.25, -0.2) is 0 Å². The monoisotopic (exact) mass is 434 g/mol. The molecule has 2 atom stereocenters. The van der Waals surface area contributed by atoms with Gasteiger partial charge in [-0.3, -0.25) is 20.5 Å². The molecule has 2 N–H and O–H groups in total. The van der Waals surface area contributed by atoms with Crippen molar-refractivity contribution in [2.75, 3.05) is 28.3 Å². The molecule has 1 saturated carbocycles. The summed E-state index contributed by atoms with van der Waals surface area (Å²) in [5.41, 5.74) is 4.72. The number of benzene rings is 2. The summed E-state index contributed by atoms with van der Waals surface area (Å²) >= 11 is 0. The average molecular weight is 435 g/mol. The van der Waals surface area contributed by atoms with Gasteiger partial charge in [0.15, 0.2) is 17.5 Å². The van der Waals surface area contributed by atoms with Crippen molar-refractivity contribution in [1.82, 2.24) is 10.2 Å². The summed E-state index contributed by atoms with van der Waals surface area (Å²) in [5, 5.41) is 10.4. The van der Waals surface area contributed by atoms with Gasteiger partial charge < -0.3 is 14.4 Å². The summed E-state index contributed by atoms with van der Waals surface area (Å²) in [5.74, 6) is 1.57. The van der Waals surface area contributed by atoms with Crippen LogP contribution in [0.2, 0.25) is 0 Å². The predicted molar refractivity (Wildman–Crippen MR) is 126 cm³/mol. The van der Waals surface area contributed by atoms with Gasteiger partial charge in [0, 0.05) is 36.7 Å². The fourth-order valence-corrected chi connectivity index (χ4v) is 4.57. The zero-order chi connectivity index (χ0) is 22.8. The Labute approximate surface area is 189 Å². The highest BCUT2D eigenvalue weighted by Gasteiger charge is 2.34. The molecule has 0 saturated heterocycles. The Kier molecular flexibility index (Phi) is 6.17. The fourth-order valence-electron chi connectivity index (χ4n) is 4.57. The molecule has 0 radical (unpaired) electrons. The number of carbonyl (C=O) groups excluding carboxylic acids is 1.